The summed E-state index contributed by atoms with van der Waals surface area (Å²) in [6.45, 7) is 1.91. The van der Waals surface area contributed by atoms with Crippen molar-refractivity contribution in [3.05, 3.63) is 48.3 Å². The monoisotopic (exact) mass is 341 g/mol. The van der Waals surface area contributed by atoms with E-state index in [2.05, 4.69) is 10.4 Å². The zero-order chi connectivity index (χ0) is 17.6. The Hall–Kier alpha value is -2.83. The van der Waals surface area contributed by atoms with E-state index in [0.29, 0.717) is 31.7 Å². The van der Waals surface area contributed by atoms with E-state index in [0.717, 1.165) is 18.4 Å². The molecule has 132 valence electrons. The molecule has 1 fully saturated rings. The first-order valence-electron chi connectivity index (χ1n) is 8.51. The third-order valence-corrected chi connectivity index (χ3v) is 4.37. The van der Waals surface area contributed by atoms with Crippen LogP contribution >= 0.6 is 0 Å². The normalized spacial score (nSPS) is 17.3. The van der Waals surface area contributed by atoms with Crippen molar-refractivity contribution in [1.82, 2.24) is 14.7 Å². The van der Waals surface area contributed by atoms with Crippen LogP contribution in [0.4, 0.5) is 10.5 Å². The van der Waals surface area contributed by atoms with E-state index in [4.69, 9.17) is 5.73 Å². The molecule has 1 aliphatic rings. The first-order valence-corrected chi connectivity index (χ1v) is 8.51. The third-order valence-electron chi connectivity index (χ3n) is 4.37. The summed E-state index contributed by atoms with van der Waals surface area (Å²) in [5.74, 6) is -0.160. The van der Waals surface area contributed by atoms with E-state index < -0.39 is 0 Å². The molecule has 0 spiro atoms. The number of rotatable bonds is 5. The van der Waals surface area contributed by atoms with Crippen LogP contribution in [0.5, 0.6) is 0 Å². The van der Waals surface area contributed by atoms with Gasteiger partial charge in [0.05, 0.1) is 18.4 Å². The molecule has 0 radical (unpaired) electrons. The number of aromatic nitrogens is 2. The molecule has 7 heteroatoms. The number of nitrogens with one attached hydrogen (secondary N) is 1. The van der Waals surface area contributed by atoms with E-state index in [1.807, 2.05) is 36.5 Å². The molecule has 1 aromatic heterocycles. The van der Waals surface area contributed by atoms with Gasteiger partial charge in [-0.1, -0.05) is 30.3 Å². The van der Waals surface area contributed by atoms with Crippen molar-refractivity contribution in [3.8, 4) is 0 Å². The highest BCUT2D eigenvalue weighted by Crippen LogP contribution is 2.20. The van der Waals surface area contributed by atoms with Crippen molar-refractivity contribution < 1.29 is 9.59 Å². The number of benzene rings is 1. The Balaban J connectivity index is 1.55. The SMILES string of the molecule is NC(=O)C[C@@H]1CCCN(C(=O)Nc2cnn(Cc3ccccc3)c2)C1. The summed E-state index contributed by atoms with van der Waals surface area (Å²) in [4.78, 5) is 25.2. The van der Waals surface area contributed by atoms with E-state index >= 15 is 0 Å². The molecule has 0 aliphatic carbocycles. The number of hydrogen-bond acceptors (Lipinski definition) is 3. The van der Waals surface area contributed by atoms with Gasteiger partial charge in [0.25, 0.3) is 0 Å². The Morgan fingerprint density at radius 1 is 1.28 bits per heavy atom. The smallest absolute Gasteiger partial charge is 0.321 e. The predicted octanol–water partition coefficient (Wildman–Crippen LogP) is 2.05. The van der Waals surface area contributed by atoms with E-state index in [1.54, 1.807) is 15.8 Å². The number of anilines is 1. The minimum absolute atomic E-state index is 0.151. The van der Waals surface area contributed by atoms with E-state index in [-0.39, 0.29) is 17.9 Å². The molecular formula is C18H23N5O2. The van der Waals surface area contributed by atoms with Gasteiger partial charge >= 0.3 is 6.03 Å². The molecule has 3 rings (SSSR count). The molecule has 3 N–H and O–H groups in total. The van der Waals surface area contributed by atoms with Crippen LogP contribution < -0.4 is 11.1 Å². The summed E-state index contributed by atoms with van der Waals surface area (Å²) in [5, 5.41) is 7.17. The molecule has 2 aromatic rings. The first-order chi connectivity index (χ1) is 12.1. The molecular weight excluding hydrogens is 318 g/mol. The molecule has 7 nitrogen and oxygen atoms in total. The summed E-state index contributed by atoms with van der Waals surface area (Å²) in [7, 11) is 0. The highest BCUT2D eigenvalue weighted by molar-refractivity contribution is 5.89. The fourth-order valence-corrected chi connectivity index (χ4v) is 3.19. The molecule has 1 atom stereocenters. The molecule has 1 saturated heterocycles. The minimum Gasteiger partial charge on any atom is -0.370 e. The van der Waals surface area contributed by atoms with Crippen LogP contribution in [0.1, 0.15) is 24.8 Å². The predicted molar refractivity (Wildman–Crippen MR) is 94.9 cm³/mol. The van der Waals surface area contributed by atoms with Gasteiger partial charge in [0, 0.05) is 25.7 Å². The van der Waals surface area contributed by atoms with Gasteiger partial charge in [-0.3, -0.25) is 9.48 Å². The number of urea groups is 1. The Morgan fingerprint density at radius 3 is 2.84 bits per heavy atom. The van der Waals surface area contributed by atoms with Gasteiger partial charge in [-0.2, -0.15) is 5.10 Å². The van der Waals surface area contributed by atoms with Crippen molar-refractivity contribution in [1.29, 1.82) is 0 Å². The average Bonchev–Trinajstić information content (AvgIpc) is 3.02. The quantitative estimate of drug-likeness (QED) is 0.871. The van der Waals surface area contributed by atoms with Crippen LogP contribution in [0.2, 0.25) is 0 Å². The molecule has 0 bridgehead atoms. The van der Waals surface area contributed by atoms with Crippen LogP contribution in [-0.2, 0) is 11.3 Å². The average molecular weight is 341 g/mol. The Labute approximate surface area is 146 Å². The van der Waals surface area contributed by atoms with Crippen LogP contribution in [0.15, 0.2) is 42.7 Å². The number of nitrogens with zero attached hydrogens (tertiary/aromatic N) is 3. The van der Waals surface area contributed by atoms with Gasteiger partial charge < -0.3 is 16.0 Å². The number of nitrogens with two attached hydrogens (primary N) is 1. The zero-order valence-electron chi connectivity index (χ0n) is 14.1. The molecule has 1 aliphatic heterocycles. The summed E-state index contributed by atoms with van der Waals surface area (Å²) < 4.78 is 1.79. The second-order valence-corrected chi connectivity index (χ2v) is 6.47. The van der Waals surface area contributed by atoms with Gasteiger partial charge in [-0.25, -0.2) is 4.79 Å². The summed E-state index contributed by atoms with van der Waals surface area (Å²) in [6, 6.07) is 9.86. The molecule has 25 heavy (non-hydrogen) atoms. The fourth-order valence-electron chi connectivity index (χ4n) is 3.19. The Bertz CT molecular complexity index is 728. The van der Waals surface area contributed by atoms with E-state index in [9.17, 15) is 9.59 Å². The highest BCUT2D eigenvalue weighted by Gasteiger charge is 2.25. The minimum atomic E-state index is -0.311. The second kappa shape index (κ2) is 7.83. The maximum Gasteiger partial charge on any atom is 0.321 e. The van der Waals surface area contributed by atoms with Crippen molar-refractivity contribution in [2.24, 2.45) is 11.7 Å². The summed E-state index contributed by atoms with van der Waals surface area (Å²) >= 11 is 0. The largest absolute Gasteiger partial charge is 0.370 e. The summed E-state index contributed by atoms with van der Waals surface area (Å²) in [5.41, 5.74) is 7.08. The van der Waals surface area contributed by atoms with E-state index in [1.165, 1.54) is 0 Å². The molecule has 3 amide bonds. The summed E-state index contributed by atoms with van der Waals surface area (Å²) in [6.07, 6.45) is 5.61. The highest BCUT2D eigenvalue weighted by atomic mass is 16.2. The zero-order valence-corrected chi connectivity index (χ0v) is 14.1. The first kappa shape index (κ1) is 17.0. The van der Waals surface area contributed by atoms with Crippen LogP contribution in [0.25, 0.3) is 0 Å². The van der Waals surface area contributed by atoms with Gasteiger partial charge in [0.2, 0.25) is 5.91 Å². The Morgan fingerprint density at radius 2 is 2.08 bits per heavy atom. The van der Waals surface area contributed by atoms with Crippen molar-refractivity contribution >= 4 is 17.6 Å². The standard InChI is InChI=1S/C18H23N5O2/c19-17(24)9-15-7-4-8-22(11-15)18(25)21-16-10-20-23(13-16)12-14-5-2-1-3-6-14/h1-3,5-6,10,13,15H,4,7-9,11-12H2,(H2,19,24)(H,21,25)/t15-/m0/s1. The van der Waals surface area contributed by atoms with Gasteiger partial charge in [0.1, 0.15) is 0 Å². The lowest BCUT2D eigenvalue weighted by molar-refractivity contribution is -0.119. The van der Waals surface area contributed by atoms with Gasteiger partial charge in [-0.15, -0.1) is 0 Å². The van der Waals surface area contributed by atoms with Crippen LogP contribution in [0.3, 0.4) is 0 Å². The van der Waals surface area contributed by atoms with Gasteiger partial charge in [0.15, 0.2) is 0 Å². The molecule has 1 aromatic carbocycles. The van der Waals surface area contributed by atoms with Crippen molar-refractivity contribution in [2.45, 2.75) is 25.8 Å². The number of piperidine rings is 1. The van der Waals surface area contributed by atoms with Gasteiger partial charge in [-0.05, 0) is 24.3 Å². The second-order valence-electron chi connectivity index (χ2n) is 6.47. The molecule has 0 unspecified atom stereocenters. The van der Waals surface area contributed by atoms with Crippen molar-refractivity contribution in [3.63, 3.8) is 0 Å². The maximum absolute atomic E-state index is 12.4. The molecule has 0 saturated carbocycles. The number of primary amides is 1. The van der Waals surface area contributed by atoms with Crippen molar-refractivity contribution in [2.75, 3.05) is 18.4 Å². The Kier molecular flexibility index (Phi) is 5.33. The lowest BCUT2D eigenvalue weighted by atomic mass is 9.95. The number of likely N-dealkylation sites (tertiary alicyclic amines) is 1. The number of carbonyl (C=O) groups excluding carboxylic acids is 2. The lowest BCUT2D eigenvalue weighted by Crippen LogP contribution is -2.43. The number of carbonyl (C=O) groups is 2. The van der Waals surface area contributed by atoms with Crippen LogP contribution in [0, 0.1) is 5.92 Å². The lowest BCUT2D eigenvalue weighted by Gasteiger charge is -2.32. The third kappa shape index (κ3) is 4.82. The fraction of sp³-hybridized carbons (Fsp3) is 0.389. The van der Waals surface area contributed by atoms with Crippen LogP contribution in [-0.4, -0.2) is 39.7 Å². The molecule has 2 heterocycles. The number of hydrogen-bond donors (Lipinski definition) is 2. The topological polar surface area (TPSA) is 93.2 Å². The number of amides is 3. The maximum atomic E-state index is 12.4.